The van der Waals surface area contributed by atoms with Gasteiger partial charge in [-0.3, -0.25) is 9.36 Å². The molecule has 28 heavy (non-hydrogen) atoms. The number of ketones is 1. The summed E-state index contributed by atoms with van der Waals surface area (Å²) >= 11 is 0. The van der Waals surface area contributed by atoms with E-state index >= 15 is 0 Å². The third-order valence-corrected chi connectivity index (χ3v) is 4.38. The van der Waals surface area contributed by atoms with Gasteiger partial charge in [-0.2, -0.15) is 0 Å². The molecule has 4 aromatic rings. The number of aryl methyl sites for hydroxylation is 2. The number of tetrazole rings is 1. The van der Waals surface area contributed by atoms with E-state index in [0.29, 0.717) is 22.9 Å². The zero-order valence-electron chi connectivity index (χ0n) is 15.7. The fourth-order valence-corrected chi connectivity index (χ4v) is 3.08. The number of nitrogens with zero attached hydrogens (tertiary/aromatic N) is 6. The molecular formula is C19H18N6O3. The molecule has 0 aliphatic carbocycles. The Morgan fingerprint density at radius 1 is 1.18 bits per heavy atom. The second-order valence-electron chi connectivity index (χ2n) is 6.38. The maximum absolute atomic E-state index is 12.7. The molecule has 0 N–H and O–H groups in total. The summed E-state index contributed by atoms with van der Waals surface area (Å²) in [4.78, 5) is 12.7. The second kappa shape index (κ2) is 7.10. The Bertz CT molecular complexity index is 1130. The van der Waals surface area contributed by atoms with Crippen molar-refractivity contribution in [2.75, 3.05) is 6.61 Å². The Morgan fingerprint density at radius 2 is 2.04 bits per heavy atom. The van der Waals surface area contributed by atoms with Gasteiger partial charge in [-0.15, -0.1) is 5.10 Å². The predicted octanol–water partition coefficient (Wildman–Crippen LogP) is 2.63. The number of carbonyl (C=O) groups excluding carboxylic acids is 1. The summed E-state index contributed by atoms with van der Waals surface area (Å²) in [6, 6.07) is 10.9. The molecule has 0 aliphatic rings. The number of ether oxygens (including phenoxy) is 1. The fraction of sp³-hybridized carbons (Fsp3) is 0.211. The average molecular weight is 378 g/mol. The number of rotatable bonds is 6. The van der Waals surface area contributed by atoms with Crippen molar-refractivity contribution in [1.82, 2.24) is 29.9 Å². The van der Waals surface area contributed by atoms with Gasteiger partial charge >= 0.3 is 0 Å². The molecule has 3 heterocycles. The number of hydrogen-bond acceptors (Lipinski definition) is 7. The Hall–Kier alpha value is -3.75. The molecule has 0 amide bonds. The molecule has 0 unspecified atom stereocenters. The zero-order valence-corrected chi connectivity index (χ0v) is 15.7. The van der Waals surface area contributed by atoms with Gasteiger partial charge in [0.1, 0.15) is 17.8 Å². The van der Waals surface area contributed by atoms with E-state index in [0.717, 1.165) is 17.1 Å². The van der Waals surface area contributed by atoms with E-state index in [1.165, 1.54) is 11.0 Å². The van der Waals surface area contributed by atoms with E-state index in [1.807, 2.05) is 49.6 Å². The lowest BCUT2D eigenvalue weighted by atomic mass is 10.1. The van der Waals surface area contributed by atoms with Gasteiger partial charge in [0.15, 0.2) is 12.4 Å². The lowest BCUT2D eigenvalue weighted by Crippen LogP contribution is -2.13. The van der Waals surface area contributed by atoms with E-state index in [-0.39, 0.29) is 12.4 Å². The number of carbonyl (C=O) groups is 1. The molecule has 9 nitrogen and oxygen atoms in total. The van der Waals surface area contributed by atoms with Crippen molar-refractivity contribution in [3.05, 3.63) is 65.4 Å². The van der Waals surface area contributed by atoms with Crippen LogP contribution in [0.25, 0.3) is 11.5 Å². The van der Waals surface area contributed by atoms with Crippen molar-refractivity contribution in [1.29, 1.82) is 0 Å². The first kappa shape index (κ1) is 17.7. The summed E-state index contributed by atoms with van der Waals surface area (Å²) in [6.07, 6.45) is 1.49. The third-order valence-electron chi connectivity index (χ3n) is 4.38. The molecule has 1 aromatic carbocycles. The Morgan fingerprint density at radius 3 is 2.75 bits per heavy atom. The van der Waals surface area contributed by atoms with Crippen LogP contribution in [0.5, 0.6) is 5.75 Å². The molecule has 4 rings (SSSR count). The molecule has 3 aromatic heterocycles. The van der Waals surface area contributed by atoms with Gasteiger partial charge in [-0.1, -0.05) is 11.2 Å². The summed E-state index contributed by atoms with van der Waals surface area (Å²) in [5.74, 6) is 1.80. The smallest absolute Gasteiger partial charge is 0.202 e. The van der Waals surface area contributed by atoms with E-state index in [1.54, 1.807) is 12.1 Å². The number of benzene rings is 1. The molecule has 0 spiro atoms. The monoisotopic (exact) mass is 378 g/mol. The highest BCUT2D eigenvalue weighted by atomic mass is 16.5. The van der Waals surface area contributed by atoms with Crippen LogP contribution in [-0.2, 0) is 0 Å². The maximum Gasteiger partial charge on any atom is 0.202 e. The molecule has 142 valence electrons. The molecular weight excluding hydrogens is 360 g/mol. The van der Waals surface area contributed by atoms with E-state index in [9.17, 15) is 4.79 Å². The van der Waals surface area contributed by atoms with E-state index in [2.05, 4.69) is 20.7 Å². The van der Waals surface area contributed by atoms with Crippen molar-refractivity contribution in [3.63, 3.8) is 0 Å². The largest absolute Gasteiger partial charge is 0.485 e. The molecule has 0 aliphatic heterocycles. The SMILES string of the molecule is Cc1cc(-n2c(C)cc(C(=O)COc3cccc(-n4cnnn4)c3)c2C)no1. The first-order valence-electron chi connectivity index (χ1n) is 8.65. The minimum atomic E-state index is -0.118. The third kappa shape index (κ3) is 3.29. The van der Waals surface area contributed by atoms with Crippen molar-refractivity contribution < 1.29 is 14.1 Å². The van der Waals surface area contributed by atoms with Crippen molar-refractivity contribution in [3.8, 4) is 17.3 Å². The predicted molar refractivity (Wildman–Crippen MR) is 99.0 cm³/mol. The van der Waals surface area contributed by atoms with Crippen LogP contribution < -0.4 is 4.74 Å². The summed E-state index contributed by atoms with van der Waals surface area (Å²) < 4.78 is 14.3. The van der Waals surface area contributed by atoms with Gasteiger partial charge in [-0.05, 0) is 49.4 Å². The van der Waals surface area contributed by atoms with Gasteiger partial charge in [0.25, 0.3) is 0 Å². The lowest BCUT2D eigenvalue weighted by molar-refractivity contribution is 0.0921. The maximum atomic E-state index is 12.7. The molecule has 9 heteroatoms. The molecule has 0 radical (unpaired) electrons. The fourth-order valence-electron chi connectivity index (χ4n) is 3.08. The lowest BCUT2D eigenvalue weighted by Gasteiger charge is -2.08. The minimum Gasteiger partial charge on any atom is -0.485 e. The minimum absolute atomic E-state index is 0.0821. The highest BCUT2D eigenvalue weighted by Gasteiger charge is 2.19. The number of aromatic nitrogens is 6. The quantitative estimate of drug-likeness (QED) is 0.475. The van der Waals surface area contributed by atoms with Crippen LogP contribution in [0.4, 0.5) is 0 Å². The Kier molecular flexibility index (Phi) is 4.48. The second-order valence-corrected chi connectivity index (χ2v) is 6.38. The molecule has 0 bridgehead atoms. The highest BCUT2D eigenvalue weighted by molar-refractivity contribution is 5.98. The van der Waals surface area contributed by atoms with Crippen LogP contribution in [0.3, 0.4) is 0 Å². The molecule has 0 atom stereocenters. The van der Waals surface area contributed by atoms with Gasteiger partial charge in [0.05, 0.1) is 5.69 Å². The normalized spacial score (nSPS) is 11.0. The Labute approximate surface area is 160 Å². The van der Waals surface area contributed by atoms with Gasteiger partial charge in [0.2, 0.25) is 5.78 Å². The number of Topliss-reactive ketones (excluding diaryl/α,β-unsaturated/α-hetero) is 1. The Balaban J connectivity index is 1.51. The molecule has 0 fully saturated rings. The van der Waals surface area contributed by atoms with Crippen LogP contribution >= 0.6 is 0 Å². The van der Waals surface area contributed by atoms with Gasteiger partial charge < -0.3 is 9.26 Å². The van der Waals surface area contributed by atoms with Crippen LogP contribution in [0.1, 0.15) is 27.5 Å². The van der Waals surface area contributed by atoms with Crippen molar-refractivity contribution in [2.24, 2.45) is 0 Å². The first-order valence-corrected chi connectivity index (χ1v) is 8.65. The highest BCUT2D eigenvalue weighted by Crippen LogP contribution is 2.22. The van der Waals surface area contributed by atoms with E-state index < -0.39 is 0 Å². The van der Waals surface area contributed by atoms with Crippen molar-refractivity contribution >= 4 is 5.78 Å². The van der Waals surface area contributed by atoms with Gasteiger partial charge in [0, 0.05) is 29.1 Å². The summed E-state index contributed by atoms with van der Waals surface area (Å²) in [7, 11) is 0. The molecule has 0 saturated heterocycles. The van der Waals surface area contributed by atoms with Crippen LogP contribution in [-0.4, -0.2) is 42.3 Å². The van der Waals surface area contributed by atoms with Crippen LogP contribution in [0, 0.1) is 20.8 Å². The summed E-state index contributed by atoms with van der Waals surface area (Å²) in [5, 5.41) is 15.1. The standard InChI is InChI=1S/C19H18N6O3/c1-12-7-17(14(3)25(12)19-8-13(2)28-21-19)18(26)10-27-16-6-4-5-15(9-16)24-11-20-22-23-24/h4-9,11H,10H2,1-3H3. The van der Waals surface area contributed by atoms with Crippen molar-refractivity contribution in [2.45, 2.75) is 20.8 Å². The topological polar surface area (TPSA) is 101 Å². The van der Waals surface area contributed by atoms with Gasteiger partial charge in [-0.25, -0.2) is 4.68 Å². The summed E-state index contributed by atoms with van der Waals surface area (Å²) in [6.45, 7) is 5.54. The first-order chi connectivity index (χ1) is 13.5. The summed E-state index contributed by atoms with van der Waals surface area (Å²) in [5.41, 5.74) is 3.03. The average Bonchev–Trinajstić information content (AvgIpc) is 3.41. The molecule has 0 saturated carbocycles. The van der Waals surface area contributed by atoms with Crippen LogP contribution in [0.2, 0.25) is 0 Å². The number of hydrogen-bond donors (Lipinski definition) is 0. The van der Waals surface area contributed by atoms with E-state index in [4.69, 9.17) is 9.26 Å². The van der Waals surface area contributed by atoms with Crippen LogP contribution in [0.15, 0.2) is 47.2 Å². The zero-order chi connectivity index (χ0) is 19.7.